The number of hydrogen-bond donors (Lipinski definition) is 1. The van der Waals surface area contributed by atoms with Crippen molar-refractivity contribution in [2.24, 2.45) is 5.73 Å². The van der Waals surface area contributed by atoms with Gasteiger partial charge in [0, 0.05) is 17.8 Å². The molecule has 2 nitrogen and oxygen atoms in total. The van der Waals surface area contributed by atoms with E-state index in [1.807, 2.05) is 17.5 Å². The number of benzene rings is 1. The Balaban J connectivity index is 1.89. The van der Waals surface area contributed by atoms with E-state index in [0.29, 0.717) is 13.2 Å². The van der Waals surface area contributed by atoms with Crippen LogP contribution in [-0.4, -0.2) is 13.2 Å². The molecule has 1 unspecified atom stereocenters. The second-order valence-electron chi connectivity index (χ2n) is 3.98. The Kier molecular flexibility index (Phi) is 4.87. The topological polar surface area (TPSA) is 35.2 Å². The normalized spacial score (nSPS) is 12.6. The smallest absolute Gasteiger partial charge is 0.123 e. The van der Waals surface area contributed by atoms with Gasteiger partial charge in [0.25, 0.3) is 0 Å². The van der Waals surface area contributed by atoms with Gasteiger partial charge in [0.1, 0.15) is 5.82 Å². The third-order valence-corrected chi connectivity index (χ3v) is 3.62. The highest BCUT2D eigenvalue weighted by Crippen LogP contribution is 2.18. The van der Waals surface area contributed by atoms with E-state index in [4.69, 9.17) is 10.5 Å². The summed E-state index contributed by atoms with van der Waals surface area (Å²) in [4.78, 5) is 1.28. The number of nitrogens with two attached hydrogens (primary N) is 1. The first-order valence-corrected chi connectivity index (χ1v) is 6.77. The number of halogens is 1. The van der Waals surface area contributed by atoms with Crippen molar-refractivity contribution in [2.45, 2.75) is 12.5 Å². The monoisotopic (exact) mass is 265 g/mol. The van der Waals surface area contributed by atoms with Gasteiger partial charge in [-0.05, 0) is 29.1 Å². The van der Waals surface area contributed by atoms with Gasteiger partial charge in [0.05, 0.1) is 12.7 Å². The second kappa shape index (κ2) is 6.64. The molecule has 1 aromatic heterocycles. The lowest BCUT2D eigenvalue weighted by atomic mass is 10.1. The van der Waals surface area contributed by atoms with Gasteiger partial charge in [0.2, 0.25) is 0 Å². The fourth-order valence-electron chi connectivity index (χ4n) is 1.76. The van der Waals surface area contributed by atoms with Gasteiger partial charge in [-0.2, -0.15) is 0 Å². The molecular formula is C14H16FNOS. The molecule has 2 N–H and O–H groups in total. The van der Waals surface area contributed by atoms with E-state index >= 15 is 0 Å². The molecule has 2 aromatic rings. The number of rotatable bonds is 6. The summed E-state index contributed by atoms with van der Waals surface area (Å²) in [6.45, 7) is 0.951. The van der Waals surface area contributed by atoms with Crippen LogP contribution >= 0.6 is 11.3 Å². The Morgan fingerprint density at radius 2 is 2.17 bits per heavy atom. The van der Waals surface area contributed by atoms with Gasteiger partial charge in [-0.15, -0.1) is 11.3 Å². The van der Waals surface area contributed by atoms with E-state index in [0.717, 1.165) is 12.0 Å². The molecule has 0 bridgehead atoms. The quantitative estimate of drug-likeness (QED) is 0.871. The maximum atomic E-state index is 13.1. The van der Waals surface area contributed by atoms with E-state index in [1.54, 1.807) is 17.4 Å². The summed E-state index contributed by atoms with van der Waals surface area (Å²) in [5.41, 5.74) is 6.46. The molecular weight excluding hydrogens is 249 g/mol. The van der Waals surface area contributed by atoms with Crippen LogP contribution in [0.5, 0.6) is 0 Å². The molecule has 96 valence electrons. The second-order valence-corrected chi connectivity index (χ2v) is 5.01. The Morgan fingerprint density at radius 1 is 1.28 bits per heavy atom. The highest BCUT2D eigenvalue weighted by Gasteiger charge is 2.10. The van der Waals surface area contributed by atoms with Gasteiger partial charge >= 0.3 is 0 Å². The molecule has 0 aliphatic carbocycles. The lowest BCUT2D eigenvalue weighted by Gasteiger charge is -2.16. The molecule has 18 heavy (non-hydrogen) atoms. The first kappa shape index (κ1) is 13.2. The first-order valence-electron chi connectivity index (χ1n) is 5.89. The van der Waals surface area contributed by atoms with Crippen LogP contribution in [-0.2, 0) is 11.2 Å². The Labute approximate surface area is 110 Å². The number of hydrogen-bond acceptors (Lipinski definition) is 3. The maximum absolute atomic E-state index is 13.1. The molecule has 0 spiro atoms. The lowest BCUT2D eigenvalue weighted by molar-refractivity contribution is 0.0610. The minimum absolute atomic E-state index is 0.235. The standard InChI is InChI=1S/C14H16FNOS/c15-12-4-1-3-11(9-12)14(10-16)17-7-6-13-5-2-8-18-13/h1-5,8-9,14H,6-7,10,16H2. The predicted molar refractivity (Wildman–Crippen MR) is 72.2 cm³/mol. The van der Waals surface area contributed by atoms with E-state index in [1.165, 1.54) is 17.0 Å². The first-order chi connectivity index (χ1) is 8.79. The van der Waals surface area contributed by atoms with Gasteiger partial charge in [-0.1, -0.05) is 18.2 Å². The molecule has 0 fully saturated rings. The van der Waals surface area contributed by atoms with Crippen molar-refractivity contribution in [1.82, 2.24) is 0 Å². The highest BCUT2D eigenvalue weighted by atomic mass is 32.1. The summed E-state index contributed by atoms with van der Waals surface area (Å²) in [6, 6.07) is 10.5. The third kappa shape index (κ3) is 3.63. The highest BCUT2D eigenvalue weighted by molar-refractivity contribution is 7.09. The van der Waals surface area contributed by atoms with Crippen molar-refractivity contribution in [1.29, 1.82) is 0 Å². The van der Waals surface area contributed by atoms with Crippen molar-refractivity contribution in [3.8, 4) is 0 Å². The van der Waals surface area contributed by atoms with Crippen molar-refractivity contribution >= 4 is 11.3 Å². The van der Waals surface area contributed by atoms with Gasteiger partial charge in [-0.25, -0.2) is 4.39 Å². The van der Waals surface area contributed by atoms with Crippen LogP contribution in [0.3, 0.4) is 0 Å². The van der Waals surface area contributed by atoms with Gasteiger partial charge in [-0.3, -0.25) is 0 Å². The summed E-state index contributed by atoms with van der Waals surface area (Å²) >= 11 is 1.71. The molecule has 1 aromatic carbocycles. The average Bonchev–Trinajstić information content (AvgIpc) is 2.88. The molecule has 0 aliphatic heterocycles. The van der Waals surface area contributed by atoms with E-state index in [9.17, 15) is 4.39 Å². The molecule has 0 amide bonds. The van der Waals surface area contributed by atoms with Crippen LogP contribution in [0.1, 0.15) is 16.5 Å². The van der Waals surface area contributed by atoms with Crippen LogP contribution in [0, 0.1) is 5.82 Å². The third-order valence-electron chi connectivity index (χ3n) is 2.68. The summed E-state index contributed by atoms with van der Waals surface area (Å²) < 4.78 is 18.8. The van der Waals surface area contributed by atoms with Gasteiger partial charge < -0.3 is 10.5 Å². The zero-order chi connectivity index (χ0) is 12.8. The molecule has 0 saturated carbocycles. The molecule has 0 aliphatic rings. The molecule has 0 radical (unpaired) electrons. The molecule has 4 heteroatoms. The molecule has 1 atom stereocenters. The lowest BCUT2D eigenvalue weighted by Crippen LogP contribution is -2.17. The van der Waals surface area contributed by atoms with Crippen LogP contribution in [0.25, 0.3) is 0 Å². The van der Waals surface area contributed by atoms with Crippen LogP contribution < -0.4 is 5.73 Å². The zero-order valence-electron chi connectivity index (χ0n) is 10.0. The van der Waals surface area contributed by atoms with Crippen molar-refractivity contribution in [2.75, 3.05) is 13.2 Å². The molecule has 0 saturated heterocycles. The van der Waals surface area contributed by atoms with E-state index < -0.39 is 0 Å². The summed E-state index contributed by atoms with van der Waals surface area (Å²) in [5.74, 6) is -0.257. The fourth-order valence-corrected chi connectivity index (χ4v) is 2.45. The number of ether oxygens (including phenoxy) is 1. The predicted octanol–water partition coefficient (Wildman–Crippen LogP) is 3.15. The Bertz CT molecular complexity index is 472. The van der Waals surface area contributed by atoms with E-state index in [-0.39, 0.29) is 11.9 Å². The van der Waals surface area contributed by atoms with Crippen LogP contribution in [0.4, 0.5) is 4.39 Å². The summed E-state index contributed by atoms with van der Waals surface area (Å²) in [5, 5.41) is 2.04. The van der Waals surface area contributed by atoms with Crippen molar-refractivity contribution < 1.29 is 9.13 Å². The maximum Gasteiger partial charge on any atom is 0.123 e. The zero-order valence-corrected chi connectivity index (χ0v) is 10.8. The minimum atomic E-state index is -0.257. The number of thiophene rings is 1. The van der Waals surface area contributed by atoms with Crippen molar-refractivity contribution in [3.05, 3.63) is 58.0 Å². The average molecular weight is 265 g/mol. The summed E-state index contributed by atoms with van der Waals surface area (Å²) in [6.07, 6.45) is 0.629. The van der Waals surface area contributed by atoms with Gasteiger partial charge in [0.15, 0.2) is 0 Å². The SMILES string of the molecule is NCC(OCCc1cccs1)c1cccc(F)c1. The van der Waals surface area contributed by atoms with Crippen LogP contribution in [0.15, 0.2) is 41.8 Å². The van der Waals surface area contributed by atoms with Crippen molar-refractivity contribution in [3.63, 3.8) is 0 Å². The molecule has 1 heterocycles. The summed E-state index contributed by atoms with van der Waals surface area (Å²) in [7, 11) is 0. The minimum Gasteiger partial charge on any atom is -0.372 e. The Hall–Kier alpha value is -1.23. The fraction of sp³-hybridized carbons (Fsp3) is 0.286. The molecule has 2 rings (SSSR count). The largest absolute Gasteiger partial charge is 0.372 e. The van der Waals surface area contributed by atoms with E-state index in [2.05, 4.69) is 6.07 Å². The van der Waals surface area contributed by atoms with Crippen LogP contribution in [0.2, 0.25) is 0 Å². The Morgan fingerprint density at radius 3 is 2.83 bits per heavy atom.